The SMILES string of the molecule is CCCOc1ccc(C(C)NC(=O)CNc2ccc(C#N)cc2)cc1OCCC. The van der Waals surface area contributed by atoms with Gasteiger partial charge in [0.2, 0.25) is 5.91 Å². The highest BCUT2D eigenvalue weighted by molar-refractivity contribution is 5.81. The lowest BCUT2D eigenvalue weighted by Crippen LogP contribution is -2.32. The normalized spacial score (nSPS) is 11.2. The van der Waals surface area contributed by atoms with Gasteiger partial charge in [-0.25, -0.2) is 0 Å². The predicted molar refractivity (Wildman–Crippen MR) is 114 cm³/mol. The first-order chi connectivity index (χ1) is 14.1. The van der Waals surface area contributed by atoms with Gasteiger partial charge in [-0.15, -0.1) is 0 Å². The largest absolute Gasteiger partial charge is 0.490 e. The van der Waals surface area contributed by atoms with E-state index in [1.54, 1.807) is 24.3 Å². The number of anilines is 1. The fraction of sp³-hybridized carbons (Fsp3) is 0.391. The van der Waals surface area contributed by atoms with Crippen LogP contribution in [0.2, 0.25) is 0 Å². The van der Waals surface area contributed by atoms with Crippen molar-refractivity contribution in [2.45, 2.75) is 39.7 Å². The van der Waals surface area contributed by atoms with Crippen LogP contribution in [-0.4, -0.2) is 25.7 Å². The number of nitrogens with zero attached hydrogens (tertiary/aromatic N) is 1. The number of nitriles is 1. The summed E-state index contributed by atoms with van der Waals surface area (Å²) >= 11 is 0. The van der Waals surface area contributed by atoms with E-state index in [0.29, 0.717) is 24.5 Å². The highest BCUT2D eigenvalue weighted by Crippen LogP contribution is 2.31. The van der Waals surface area contributed by atoms with Crippen molar-refractivity contribution < 1.29 is 14.3 Å². The highest BCUT2D eigenvalue weighted by atomic mass is 16.5. The van der Waals surface area contributed by atoms with E-state index in [9.17, 15) is 4.79 Å². The van der Waals surface area contributed by atoms with Gasteiger partial charge in [-0.1, -0.05) is 19.9 Å². The Labute approximate surface area is 172 Å². The van der Waals surface area contributed by atoms with Gasteiger partial charge in [0.1, 0.15) is 0 Å². The standard InChI is InChI=1S/C23H29N3O3/c1-4-12-28-21-11-8-19(14-22(21)29-13-5-2)17(3)26-23(27)16-25-20-9-6-18(15-24)7-10-20/h6-11,14,17,25H,4-5,12-13,16H2,1-3H3,(H,26,27). The van der Waals surface area contributed by atoms with Crippen LogP contribution in [0.4, 0.5) is 5.69 Å². The first-order valence-electron chi connectivity index (χ1n) is 10.00. The third-order valence-electron chi connectivity index (χ3n) is 4.24. The summed E-state index contributed by atoms with van der Waals surface area (Å²) in [7, 11) is 0. The molecule has 0 saturated carbocycles. The van der Waals surface area contributed by atoms with Crippen molar-refractivity contribution in [3.63, 3.8) is 0 Å². The Morgan fingerprint density at radius 1 is 1.03 bits per heavy atom. The number of hydrogen-bond acceptors (Lipinski definition) is 5. The number of carbonyl (C=O) groups is 1. The summed E-state index contributed by atoms with van der Waals surface area (Å²) in [5.41, 5.74) is 2.33. The molecule has 6 nitrogen and oxygen atoms in total. The van der Waals surface area contributed by atoms with Crippen molar-refractivity contribution in [1.29, 1.82) is 5.26 Å². The lowest BCUT2D eigenvalue weighted by atomic mass is 10.1. The molecule has 0 heterocycles. The molecule has 2 aromatic rings. The van der Waals surface area contributed by atoms with Crippen LogP contribution in [-0.2, 0) is 4.79 Å². The Balaban J connectivity index is 1.96. The van der Waals surface area contributed by atoms with Gasteiger partial charge < -0.3 is 20.1 Å². The van der Waals surface area contributed by atoms with Gasteiger partial charge in [-0.3, -0.25) is 4.79 Å². The van der Waals surface area contributed by atoms with Crippen molar-refractivity contribution >= 4 is 11.6 Å². The average Bonchev–Trinajstić information content (AvgIpc) is 2.75. The molecule has 0 aliphatic heterocycles. The molecule has 154 valence electrons. The molecule has 0 aliphatic carbocycles. The molecule has 0 bridgehead atoms. The minimum atomic E-state index is -0.172. The van der Waals surface area contributed by atoms with Gasteiger partial charge >= 0.3 is 0 Å². The second-order valence-corrected chi connectivity index (χ2v) is 6.74. The van der Waals surface area contributed by atoms with Crippen molar-refractivity contribution in [2.75, 3.05) is 25.1 Å². The smallest absolute Gasteiger partial charge is 0.239 e. The van der Waals surface area contributed by atoms with Crippen molar-refractivity contribution in [3.05, 3.63) is 53.6 Å². The summed E-state index contributed by atoms with van der Waals surface area (Å²) < 4.78 is 11.6. The molecular weight excluding hydrogens is 366 g/mol. The van der Waals surface area contributed by atoms with E-state index in [-0.39, 0.29) is 18.5 Å². The maximum atomic E-state index is 12.3. The molecule has 0 saturated heterocycles. The minimum Gasteiger partial charge on any atom is -0.490 e. The molecule has 0 radical (unpaired) electrons. The zero-order valence-corrected chi connectivity index (χ0v) is 17.3. The molecule has 6 heteroatoms. The molecule has 2 rings (SSSR count). The lowest BCUT2D eigenvalue weighted by molar-refractivity contribution is -0.120. The number of nitrogens with one attached hydrogen (secondary N) is 2. The van der Waals surface area contributed by atoms with Crippen LogP contribution in [0.5, 0.6) is 11.5 Å². The van der Waals surface area contributed by atoms with Crippen molar-refractivity contribution in [3.8, 4) is 17.6 Å². The second kappa shape index (κ2) is 11.6. The Morgan fingerprint density at radius 3 is 2.31 bits per heavy atom. The fourth-order valence-corrected chi connectivity index (χ4v) is 2.67. The molecule has 1 amide bonds. The van der Waals surface area contributed by atoms with E-state index >= 15 is 0 Å². The van der Waals surface area contributed by atoms with Crippen LogP contribution in [0.25, 0.3) is 0 Å². The molecule has 1 atom stereocenters. The van der Waals surface area contributed by atoms with E-state index < -0.39 is 0 Å². The van der Waals surface area contributed by atoms with Crippen molar-refractivity contribution in [2.24, 2.45) is 0 Å². The Kier molecular flexibility index (Phi) is 8.84. The maximum Gasteiger partial charge on any atom is 0.239 e. The molecule has 0 aromatic heterocycles. The first kappa shape index (κ1) is 22.1. The van der Waals surface area contributed by atoms with Gasteiger partial charge in [-0.2, -0.15) is 5.26 Å². The van der Waals surface area contributed by atoms with E-state index in [1.165, 1.54) is 0 Å². The maximum absolute atomic E-state index is 12.3. The van der Waals surface area contributed by atoms with Gasteiger partial charge in [0.25, 0.3) is 0 Å². The number of hydrogen-bond donors (Lipinski definition) is 2. The van der Waals surface area contributed by atoms with Crippen LogP contribution >= 0.6 is 0 Å². The molecular formula is C23H29N3O3. The van der Waals surface area contributed by atoms with Gasteiger partial charge in [-0.05, 0) is 61.7 Å². The number of ether oxygens (including phenoxy) is 2. The quantitative estimate of drug-likeness (QED) is 0.588. The van der Waals surface area contributed by atoms with E-state index in [1.807, 2.05) is 25.1 Å². The molecule has 0 fully saturated rings. The summed E-state index contributed by atoms with van der Waals surface area (Å²) in [6.45, 7) is 7.44. The first-order valence-corrected chi connectivity index (χ1v) is 10.00. The Bertz CT molecular complexity index is 828. The summed E-state index contributed by atoms with van der Waals surface area (Å²) in [4.78, 5) is 12.3. The van der Waals surface area contributed by atoms with Crippen LogP contribution < -0.4 is 20.1 Å². The number of rotatable bonds is 11. The summed E-state index contributed by atoms with van der Waals surface area (Å²) in [5.74, 6) is 1.31. The molecule has 0 spiro atoms. The predicted octanol–water partition coefficient (Wildman–Crippen LogP) is 4.43. The summed E-state index contributed by atoms with van der Waals surface area (Å²) in [6.07, 6.45) is 1.83. The monoisotopic (exact) mass is 395 g/mol. The molecule has 2 aromatic carbocycles. The van der Waals surface area contributed by atoms with E-state index in [0.717, 1.165) is 29.8 Å². The average molecular weight is 396 g/mol. The number of amides is 1. The van der Waals surface area contributed by atoms with E-state index in [2.05, 4.69) is 30.6 Å². The number of benzene rings is 2. The highest BCUT2D eigenvalue weighted by Gasteiger charge is 2.13. The molecule has 2 N–H and O–H groups in total. The van der Waals surface area contributed by atoms with Crippen LogP contribution in [0.1, 0.15) is 50.8 Å². The minimum absolute atomic E-state index is 0.121. The third kappa shape index (κ3) is 7.04. The summed E-state index contributed by atoms with van der Waals surface area (Å²) in [5, 5.41) is 14.9. The second-order valence-electron chi connectivity index (χ2n) is 6.74. The molecule has 29 heavy (non-hydrogen) atoms. The van der Waals surface area contributed by atoms with Crippen LogP contribution in [0.15, 0.2) is 42.5 Å². The fourth-order valence-electron chi connectivity index (χ4n) is 2.67. The van der Waals surface area contributed by atoms with Crippen LogP contribution in [0, 0.1) is 11.3 Å². The molecule has 1 unspecified atom stereocenters. The lowest BCUT2D eigenvalue weighted by Gasteiger charge is -2.18. The van der Waals surface area contributed by atoms with Crippen LogP contribution in [0.3, 0.4) is 0 Å². The van der Waals surface area contributed by atoms with Gasteiger partial charge in [0.15, 0.2) is 11.5 Å². The molecule has 0 aliphatic rings. The topological polar surface area (TPSA) is 83.4 Å². The zero-order valence-electron chi connectivity index (χ0n) is 17.3. The van der Waals surface area contributed by atoms with Crippen molar-refractivity contribution in [1.82, 2.24) is 5.32 Å². The zero-order chi connectivity index (χ0) is 21.1. The third-order valence-corrected chi connectivity index (χ3v) is 4.24. The Hall–Kier alpha value is -3.20. The van der Waals surface area contributed by atoms with E-state index in [4.69, 9.17) is 14.7 Å². The number of carbonyl (C=O) groups excluding carboxylic acids is 1. The van der Waals surface area contributed by atoms with Gasteiger partial charge in [0, 0.05) is 5.69 Å². The van der Waals surface area contributed by atoms with Gasteiger partial charge in [0.05, 0.1) is 37.4 Å². The Morgan fingerprint density at radius 2 is 1.69 bits per heavy atom. The summed E-state index contributed by atoms with van der Waals surface area (Å²) in [6, 6.07) is 14.7.